The third-order valence-corrected chi connectivity index (χ3v) is 5.56. The van der Waals surface area contributed by atoms with Gasteiger partial charge in [0.2, 0.25) is 10.0 Å². The van der Waals surface area contributed by atoms with E-state index in [1.54, 1.807) is 0 Å². The molecule has 0 aromatic heterocycles. The van der Waals surface area contributed by atoms with Gasteiger partial charge in [-0.3, -0.25) is 0 Å². The van der Waals surface area contributed by atoms with Crippen molar-refractivity contribution in [2.24, 2.45) is 11.7 Å². The van der Waals surface area contributed by atoms with Crippen molar-refractivity contribution in [3.05, 3.63) is 29.0 Å². The predicted octanol–water partition coefficient (Wildman–Crippen LogP) is 1.84. The van der Waals surface area contributed by atoms with E-state index in [1.165, 1.54) is 10.4 Å². The van der Waals surface area contributed by atoms with Crippen LogP contribution in [-0.2, 0) is 10.0 Å². The number of sulfonamides is 1. The highest BCUT2D eigenvalue weighted by Gasteiger charge is 2.35. The zero-order valence-electron chi connectivity index (χ0n) is 10.5. The largest absolute Gasteiger partial charge is 0.328 e. The Morgan fingerprint density at radius 1 is 1.53 bits per heavy atom. The van der Waals surface area contributed by atoms with Crippen molar-refractivity contribution in [2.75, 3.05) is 13.1 Å². The fourth-order valence-electron chi connectivity index (χ4n) is 2.22. The van der Waals surface area contributed by atoms with Gasteiger partial charge in [-0.15, -0.1) is 0 Å². The minimum absolute atomic E-state index is 0.0793. The molecule has 1 heterocycles. The van der Waals surface area contributed by atoms with Gasteiger partial charge in [-0.25, -0.2) is 12.8 Å². The van der Waals surface area contributed by atoms with Crippen molar-refractivity contribution < 1.29 is 12.8 Å². The van der Waals surface area contributed by atoms with Gasteiger partial charge in [-0.05, 0) is 37.5 Å². The first-order valence-corrected chi connectivity index (χ1v) is 7.85. The van der Waals surface area contributed by atoms with Crippen molar-refractivity contribution in [1.82, 2.24) is 4.31 Å². The molecule has 2 atom stereocenters. The molecule has 0 amide bonds. The van der Waals surface area contributed by atoms with Crippen LogP contribution in [-0.4, -0.2) is 31.9 Å². The molecule has 1 aliphatic heterocycles. The molecule has 2 N–H and O–H groups in total. The normalized spacial score (nSPS) is 22.6. The smallest absolute Gasteiger partial charge is 0.246 e. The van der Waals surface area contributed by atoms with Crippen molar-refractivity contribution in [3.8, 4) is 0 Å². The summed E-state index contributed by atoms with van der Waals surface area (Å²) in [6.07, 6.45) is 0.694. The second-order valence-corrected chi connectivity index (χ2v) is 7.19. The Kier molecular flexibility index (Phi) is 4.15. The standard InChI is InChI=1S/C12H16ClFN2O2S/c1-8(15)9-4-5-16(7-9)19(17,18)12-6-10(13)2-3-11(12)14/h2-3,6,8-9H,4-5,7,15H2,1H3. The molecule has 1 fully saturated rings. The van der Waals surface area contributed by atoms with Crippen molar-refractivity contribution in [3.63, 3.8) is 0 Å². The van der Waals surface area contributed by atoms with Crippen LogP contribution in [0.25, 0.3) is 0 Å². The number of rotatable bonds is 3. The summed E-state index contributed by atoms with van der Waals surface area (Å²) < 4.78 is 39.7. The molecule has 0 bridgehead atoms. The molecule has 0 radical (unpaired) electrons. The second-order valence-electron chi connectivity index (χ2n) is 4.85. The van der Waals surface area contributed by atoms with E-state index in [2.05, 4.69) is 0 Å². The van der Waals surface area contributed by atoms with E-state index in [0.717, 1.165) is 12.1 Å². The topological polar surface area (TPSA) is 63.4 Å². The van der Waals surface area contributed by atoms with Crippen LogP contribution in [0.3, 0.4) is 0 Å². The number of nitrogens with two attached hydrogens (primary N) is 1. The zero-order chi connectivity index (χ0) is 14.2. The Morgan fingerprint density at radius 3 is 2.79 bits per heavy atom. The Bertz CT molecular complexity index is 577. The SMILES string of the molecule is CC(N)C1CCN(S(=O)(=O)c2cc(Cl)ccc2F)C1. The van der Waals surface area contributed by atoms with Crippen LogP contribution in [0.15, 0.2) is 23.1 Å². The molecule has 106 valence electrons. The van der Waals surface area contributed by atoms with Crippen LogP contribution in [0.1, 0.15) is 13.3 Å². The maximum absolute atomic E-state index is 13.7. The lowest BCUT2D eigenvalue weighted by atomic mass is 10.0. The van der Waals surface area contributed by atoms with Crippen LogP contribution >= 0.6 is 11.6 Å². The number of halogens is 2. The third kappa shape index (κ3) is 2.91. The summed E-state index contributed by atoms with van der Waals surface area (Å²) in [6.45, 7) is 2.53. The number of hydrogen-bond acceptors (Lipinski definition) is 3. The fourth-order valence-corrected chi connectivity index (χ4v) is 4.05. The number of benzene rings is 1. The first-order chi connectivity index (χ1) is 8.82. The van der Waals surface area contributed by atoms with Gasteiger partial charge in [-0.1, -0.05) is 11.6 Å². The highest BCUT2D eigenvalue weighted by molar-refractivity contribution is 7.89. The van der Waals surface area contributed by atoms with Gasteiger partial charge < -0.3 is 5.73 Å². The lowest BCUT2D eigenvalue weighted by Gasteiger charge is -2.18. The van der Waals surface area contributed by atoms with Gasteiger partial charge in [0.25, 0.3) is 0 Å². The van der Waals surface area contributed by atoms with E-state index in [0.29, 0.717) is 19.5 Å². The van der Waals surface area contributed by atoms with Crippen LogP contribution in [0.4, 0.5) is 4.39 Å². The highest BCUT2D eigenvalue weighted by atomic mass is 35.5. The molecule has 0 saturated carbocycles. The van der Waals surface area contributed by atoms with E-state index in [4.69, 9.17) is 17.3 Å². The van der Waals surface area contributed by atoms with E-state index < -0.39 is 15.8 Å². The average molecular weight is 307 g/mol. The molecular formula is C12H16ClFN2O2S. The average Bonchev–Trinajstić information content (AvgIpc) is 2.82. The lowest BCUT2D eigenvalue weighted by Crippen LogP contribution is -2.33. The summed E-state index contributed by atoms with van der Waals surface area (Å²) in [5, 5.41) is 0.197. The van der Waals surface area contributed by atoms with Gasteiger partial charge in [0.05, 0.1) is 0 Å². The molecule has 0 aliphatic carbocycles. The second kappa shape index (κ2) is 5.36. The lowest BCUT2D eigenvalue weighted by molar-refractivity contribution is 0.426. The molecule has 4 nitrogen and oxygen atoms in total. The van der Waals surface area contributed by atoms with Crippen LogP contribution in [0, 0.1) is 11.7 Å². The van der Waals surface area contributed by atoms with Crippen molar-refractivity contribution in [1.29, 1.82) is 0 Å². The Balaban J connectivity index is 2.31. The molecule has 1 aliphatic rings. The molecule has 1 aromatic carbocycles. The first-order valence-electron chi connectivity index (χ1n) is 6.03. The number of hydrogen-bond donors (Lipinski definition) is 1. The predicted molar refractivity (Wildman–Crippen MR) is 71.9 cm³/mol. The molecule has 7 heteroatoms. The van der Waals surface area contributed by atoms with Crippen molar-refractivity contribution >= 4 is 21.6 Å². The highest BCUT2D eigenvalue weighted by Crippen LogP contribution is 2.28. The van der Waals surface area contributed by atoms with Crippen LogP contribution in [0.5, 0.6) is 0 Å². The minimum atomic E-state index is -3.84. The first kappa shape index (κ1) is 14.7. The van der Waals surface area contributed by atoms with Gasteiger partial charge in [0, 0.05) is 24.2 Å². The summed E-state index contributed by atoms with van der Waals surface area (Å²) in [6, 6.07) is 3.45. The van der Waals surface area contributed by atoms with Gasteiger partial charge >= 0.3 is 0 Å². The molecule has 1 saturated heterocycles. The Labute approximate surface area is 117 Å². The summed E-state index contributed by atoms with van der Waals surface area (Å²) in [7, 11) is -3.84. The maximum Gasteiger partial charge on any atom is 0.246 e. The van der Waals surface area contributed by atoms with Gasteiger partial charge in [0.15, 0.2) is 0 Å². The van der Waals surface area contributed by atoms with E-state index >= 15 is 0 Å². The van der Waals surface area contributed by atoms with Gasteiger partial charge in [-0.2, -0.15) is 4.31 Å². The molecule has 2 rings (SSSR count). The Hall–Kier alpha value is -0.690. The van der Waals surface area contributed by atoms with E-state index in [-0.39, 0.29) is 21.9 Å². The van der Waals surface area contributed by atoms with Crippen molar-refractivity contribution in [2.45, 2.75) is 24.3 Å². The summed E-state index contributed by atoms with van der Waals surface area (Å²) in [5.41, 5.74) is 5.78. The quantitative estimate of drug-likeness (QED) is 0.927. The molecule has 19 heavy (non-hydrogen) atoms. The molecule has 2 unspecified atom stereocenters. The maximum atomic E-state index is 13.7. The zero-order valence-corrected chi connectivity index (χ0v) is 12.1. The van der Waals surface area contributed by atoms with Crippen LogP contribution < -0.4 is 5.73 Å². The summed E-state index contributed by atoms with van der Waals surface area (Å²) in [4.78, 5) is -0.370. The monoisotopic (exact) mass is 306 g/mol. The minimum Gasteiger partial charge on any atom is -0.328 e. The molecule has 1 aromatic rings. The molecular weight excluding hydrogens is 291 g/mol. The van der Waals surface area contributed by atoms with E-state index in [9.17, 15) is 12.8 Å². The summed E-state index contributed by atoms with van der Waals surface area (Å²) >= 11 is 5.74. The third-order valence-electron chi connectivity index (χ3n) is 3.44. The van der Waals surface area contributed by atoms with Crippen LogP contribution in [0.2, 0.25) is 5.02 Å². The fraction of sp³-hybridized carbons (Fsp3) is 0.500. The number of nitrogens with zero attached hydrogens (tertiary/aromatic N) is 1. The molecule has 0 spiro atoms. The van der Waals surface area contributed by atoms with Gasteiger partial charge in [0.1, 0.15) is 10.7 Å². The Morgan fingerprint density at radius 2 is 2.21 bits per heavy atom. The summed E-state index contributed by atoms with van der Waals surface area (Å²) in [5.74, 6) is -0.675. The van der Waals surface area contributed by atoms with E-state index in [1.807, 2.05) is 6.92 Å².